The number of nitrogens with zero attached hydrogens (tertiary/aromatic N) is 3. The summed E-state index contributed by atoms with van der Waals surface area (Å²) in [5.41, 5.74) is 9.16. The molecule has 0 saturated heterocycles. The molecule has 326 valence electrons. The largest absolute Gasteiger partial charge is 0.493 e. The predicted octanol–water partition coefficient (Wildman–Crippen LogP) is 7.59. The maximum absolute atomic E-state index is 14.1. The Hall–Kier alpha value is -5.82. The highest BCUT2D eigenvalue weighted by Gasteiger charge is 2.43. The first kappa shape index (κ1) is 42.5. The first-order valence-electron chi connectivity index (χ1n) is 21.6. The fourth-order valence-corrected chi connectivity index (χ4v) is 9.70. The lowest BCUT2D eigenvalue weighted by Crippen LogP contribution is -2.43. The number of aryl methyl sites for hydroxylation is 1. The molecule has 2 unspecified atom stereocenters. The van der Waals surface area contributed by atoms with Crippen LogP contribution < -0.4 is 28.9 Å². The molecule has 12 heteroatoms. The van der Waals surface area contributed by atoms with E-state index in [-0.39, 0.29) is 54.2 Å². The van der Waals surface area contributed by atoms with Crippen molar-refractivity contribution in [3.05, 3.63) is 141 Å². The number of anilines is 3. The number of aliphatic hydroxyl groups is 2. The summed E-state index contributed by atoms with van der Waals surface area (Å²) >= 11 is 4.63. The SMILES string of the molecule is COc1cc2c(cc1OCc1cc(COc3cc4c(cc3C)C(=O)N3c5ccccc5C[C@H]3C(O)C4)cc(N(C)C(=O)CCC(C)(C)S)c1)CC(O)[C@@H]1Cc3ccccc3N1C2=O. The quantitative estimate of drug-likeness (QED) is 0.116. The number of hydrogen-bond donors (Lipinski definition) is 3. The highest BCUT2D eigenvalue weighted by molar-refractivity contribution is 7.81. The molecule has 4 aliphatic rings. The number of ether oxygens (including phenoxy) is 3. The van der Waals surface area contributed by atoms with Crippen LogP contribution in [0.5, 0.6) is 17.2 Å². The molecule has 2 N–H and O–H groups in total. The number of methoxy groups -OCH3 is 1. The molecule has 63 heavy (non-hydrogen) atoms. The minimum atomic E-state index is -0.784. The van der Waals surface area contributed by atoms with Gasteiger partial charge in [0, 0.05) is 59.2 Å². The van der Waals surface area contributed by atoms with Gasteiger partial charge in [-0.1, -0.05) is 50.2 Å². The molecule has 4 heterocycles. The molecule has 0 spiro atoms. The zero-order valence-corrected chi connectivity index (χ0v) is 37.2. The molecular formula is C51H53N3O8S. The summed E-state index contributed by atoms with van der Waals surface area (Å²) in [6.07, 6.45) is 1.12. The normalized spacial score (nSPS) is 19.8. The molecule has 5 aromatic carbocycles. The van der Waals surface area contributed by atoms with Gasteiger partial charge in [-0.3, -0.25) is 14.4 Å². The zero-order chi connectivity index (χ0) is 44.3. The third-order valence-electron chi connectivity index (χ3n) is 13.0. The van der Waals surface area contributed by atoms with Crippen molar-refractivity contribution in [2.75, 3.05) is 28.9 Å². The molecule has 0 aliphatic carbocycles. The number of thiol groups is 1. The van der Waals surface area contributed by atoms with E-state index in [1.165, 1.54) is 7.11 Å². The molecule has 5 aromatic rings. The fourth-order valence-electron chi connectivity index (χ4n) is 9.59. The number of aliphatic hydroxyl groups excluding tert-OH is 2. The monoisotopic (exact) mass is 867 g/mol. The van der Waals surface area contributed by atoms with E-state index in [0.29, 0.717) is 71.7 Å². The second kappa shape index (κ2) is 16.7. The fraction of sp³-hybridized carbons (Fsp3) is 0.353. The van der Waals surface area contributed by atoms with E-state index in [1.807, 2.05) is 99.6 Å². The summed E-state index contributed by atoms with van der Waals surface area (Å²) in [4.78, 5) is 46.8. The van der Waals surface area contributed by atoms with Gasteiger partial charge in [0.05, 0.1) is 31.4 Å². The van der Waals surface area contributed by atoms with Gasteiger partial charge in [0.15, 0.2) is 11.5 Å². The molecule has 0 aromatic heterocycles. The Morgan fingerprint density at radius 3 is 1.76 bits per heavy atom. The van der Waals surface area contributed by atoms with Gasteiger partial charge in [0.1, 0.15) is 19.0 Å². The molecule has 9 rings (SSSR count). The van der Waals surface area contributed by atoms with E-state index in [2.05, 4.69) is 12.6 Å². The Labute approximate surface area is 373 Å². The molecule has 11 nitrogen and oxygen atoms in total. The minimum Gasteiger partial charge on any atom is -0.493 e. The standard InChI is InChI=1S/C51H53N3O8S/c1-29-16-37-34(22-43(55)41-20-32-10-6-8-12-39(32)53(41)49(37)58)24-45(29)61-27-30-17-31(19-36(18-30)52(4)48(57)14-15-51(2,3)63)28-62-47-25-35-23-44(56)42-21-33-11-7-9-13-40(33)54(42)50(59)38(35)26-46(47)60-5/h6-13,16-19,24-26,41-44,55-56,63H,14-15,20-23,27-28H2,1-5H3/t41-,42-,43?,44?/m0/s1. The lowest BCUT2D eigenvalue weighted by molar-refractivity contribution is -0.118. The molecule has 3 amide bonds. The van der Waals surface area contributed by atoms with E-state index >= 15 is 0 Å². The second-order valence-corrected chi connectivity index (χ2v) is 19.2. The Bertz CT molecular complexity index is 2640. The lowest BCUT2D eigenvalue weighted by Gasteiger charge is -2.26. The van der Waals surface area contributed by atoms with Crippen LogP contribution in [-0.2, 0) is 43.7 Å². The molecule has 4 atom stereocenters. The van der Waals surface area contributed by atoms with Gasteiger partial charge < -0.3 is 39.1 Å². The third kappa shape index (κ3) is 8.16. The van der Waals surface area contributed by atoms with Gasteiger partial charge >= 0.3 is 0 Å². The first-order chi connectivity index (χ1) is 30.2. The highest BCUT2D eigenvalue weighted by atomic mass is 32.1. The van der Waals surface area contributed by atoms with Crippen molar-refractivity contribution >= 4 is 47.4 Å². The number of hydrogen-bond acceptors (Lipinski definition) is 9. The molecule has 0 saturated carbocycles. The molecule has 0 radical (unpaired) electrons. The smallest absolute Gasteiger partial charge is 0.259 e. The molecule has 0 bridgehead atoms. The minimum absolute atomic E-state index is 0.0613. The van der Waals surface area contributed by atoms with E-state index in [0.717, 1.165) is 44.8 Å². The molecule has 4 aliphatic heterocycles. The van der Waals surface area contributed by atoms with Gasteiger partial charge in [0.25, 0.3) is 11.8 Å². The van der Waals surface area contributed by atoms with Crippen molar-refractivity contribution in [2.24, 2.45) is 0 Å². The average molecular weight is 868 g/mol. The Balaban J connectivity index is 0.984. The summed E-state index contributed by atoms with van der Waals surface area (Å²) in [5.74, 6) is 1.02. The average Bonchev–Trinajstić information content (AvgIpc) is 3.81. The van der Waals surface area contributed by atoms with Crippen LogP contribution in [-0.4, -0.2) is 71.1 Å². The van der Waals surface area contributed by atoms with Crippen molar-refractivity contribution in [1.82, 2.24) is 0 Å². The number of benzene rings is 5. The van der Waals surface area contributed by atoms with Crippen LogP contribution in [0.2, 0.25) is 0 Å². The van der Waals surface area contributed by atoms with Crippen molar-refractivity contribution in [2.45, 2.75) is 102 Å². The van der Waals surface area contributed by atoms with E-state index in [1.54, 1.807) is 33.9 Å². The third-order valence-corrected chi connectivity index (χ3v) is 13.2. The number of fused-ring (bicyclic) bond motifs is 8. The van der Waals surface area contributed by atoms with Crippen LogP contribution in [0.3, 0.4) is 0 Å². The van der Waals surface area contributed by atoms with Gasteiger partial charge in [-0.15, -0.1) is 0 Å². The maximum Gasteiger partial charge on any atom is 0.259 e. The van der Waals surface area contributed by atoms with Crippen LogP contribution in [0.4, 0.5) is 17.1 Å². The van der Waals surface area contributed by atoms with E-state index in [4.69, 9.17) is 14.2 Å². The number of amides is 3. The highest BCUT2D eigenvalue weighted by Crippen LogP contribution is 2.42. The van der Waals surface area contributed by atoms with Crippen LogP contribution in [0.15, 0.2) is 91.0 Å². The van der Waals surface area contributed by atoms with Crippen molar-refractivity contribution < 1.29 is 38.8 Å². The van der Waals surface area contributed by atoms with Gasteiger partial charge in [-0.25, -0.2) is 0 Å². The van der Waals surface area contributed by atoms with Crippen molar-refractivity contribution in [1.29, 1.82) is 0 Å². The number of carbonyl (C=O) groups excluding carboxylic acids is 3. The first-order valence-corrected chi connectivity index (χ1v) is 22.0. The number of rotatable bonds is 11. The van der Waals surface area contributed by atoms with E-state index in [9.17, 15) is 24.6 Å². The second-order valence-electron chi connectivity index (χ2n) is 18.0. The summed E-state index contributed by atoms with van der Waals surface area (Å²) in [7, 11) is 3.29. The van der Waals surface area contributed by atoms with Crippen molar-refractivity contribution in [3.63, 3.8) is 0 Å². The Morgan fingerprint density at radius 2 is 1.22 bits per heavy atom. The van der Waals surface area contributed by atoms with Crippen LogP contribution in [0.1, 0.15) is 86.3 Å². The van der Waals surface area contributed by atoms with Gasteiger partial charge in [-0.05, 0) is 120 Å². The summed E-state index contributed by atoms with van der Waals surface area (Å²) in [5, 5.41) is 22.8. The van der Waals surface area contributed by atoms with Crippen LogP contribution >= 0.6 is 12.6 Å². The number of para-hydroxylation sites is 2. The number of carbonyl (C=O) groups is 3. The van der Waals surface area contributed by atoms with Gasteiger partial charge in [-0.2, -0.15) is 12.6 Å². The Morgan fingerprint density at radius 1 is 0.714 bits per heavy atom. The predicted molar refractivity (Wildman–Crippen MR) is 246 cm³/mol. The molecular weight excluding hydrogens is 815 g/mol. The summed E-state index contributed by atoms with van der Waals surface area (Å²) in [6, 6.07) is 27.9. The van der Waals surface area contributed by atoms with Crippen molar-refractivity contribution in [3.8, 4) is 17.2 Å². The van der Waals surface area contributed by atoms with Crippen LogP contribution in [0.25, 0.3) is 0 Å². The maximum atomic E-state index is 14.1. The summed E-state index contributed by atoms with van der Waals surface area (Å²) < 4.78 is 18.4. The van der Waals surface area contributed by atoms with Gasteiger partial charge in [0.2, 0.25) is 5.91 Å². The van der Waals surface area contributed by atoms with Crippen LogP contribution in [0, 0.1) is 6.92 Å². The topological polar surface area (TPSA) is 129 Å². The lowest BCUT2D eigenvalue weighted by atomic mass is 9.96. The Kier molecular flexibility index (Phi) is 11.3. The zero-order valence-electron chi connectivity index (χ0n) is 36.3. The van der Waals surface area contributed by atoms with E-state index < -0.39 is 12.2 Å². The summed E-state index contributed by atoms with van der Waals surface area (Å²) in [6.45, 7) is 6.12. The molecule has 0 fully saturated rings.